The van der Waals surface area contributed by atoms with Crippen molar-refractivity contribution in [1.29, 1.82) is 0 Å². The molecule has 0 saturated heterocycles. The van der Waals surface area contributed by atoms with Gasteiger partial charge in [-0.25, -0.2) is 18.3 Å². The topological polar surface area (TPSA) is 55.1 Å². The number of carbonyl (C=O) groups is 1. The van der Waals surface area contributed by atoms with E-state index in [-0.39, 0.29) is 11.4 Å². The molecule has 0 aliphatic carbocycles. The SMILES string of the molecule is O=C(O)c1ccn(-c2ccc(F)c(F)c2)n1. The van der Waals surface area contributed by atoms with E-state index in [1.807, 2.05) is 0 Å². The van der Waals surface area contributed by atoms with Crippen molar-refractivity contribution in [1.82, 2.24) is 9.78 Å². The van der Waals surface area contributed by atoms with E-state index in [1.165, 1.54) is 18.3 Å². The molecule has 0 aliphatic rings. The first-order chi connectivity index (χ1) is 7.58. The summed E-state index contributed by atoms with van der Waals surface area (Å²) in [5, 5.41) is 12.3. The Kier molecular flexibility index (Phi) is 2.40. The molecule has 1 aromatic heterocycles. The monoisotopic (exact) mass is 224 g/mol. The molecule has 0 unspecified atom stereocenters. The Bertz CT molecular complexity index is 552. The molecular formula is C10H6F2N2O2. The van der Waals surface area contributed by atoms with Crippen LogP contribution in [0.15, 0.2) is 30.5 Å². The minimum absolute atomic E-state index is 0.162. The summed E-state index contributed by atoms with van der Waals surface area (Å²) in [6.07, 6.45) is 1.36. The molecule has 0 aliphatic heterocycles. The summed E-state index contributed by atoms with van der Waals surface area (Å²) in [4.78, 5) is 10.6. The predicted molar refractivity (Wildman–Crippen MR) is 50.4 cm³/mol. The minimum atomic E-state index is -1.18. The van der Waals surface area contributed by atoms with Crippen LogP contribution in [0.2, 0.25) is 0 Å². The average Bonchev–Trinajstić information content (AvgIpc) is 2.71. The minimum Gasteiger partial charge on any atom is -0.476 e. The fourth-order valence-corrected chi connectivity index (χ4v) is 1.21. The summed E-state index contributed by atoms with van der Waals surface area (Å²) in [5.74, 6) is -3.15. The second kappa shape index (κ2) is 3.73. The van der Waals surface area contributed by atoms with E-state index in [0.717, 1.165) is 16.8 Å². The molecule has 1 heterocycles. The Morgan fingerprint density at radius 1 is 1.25 bits per heavy atom. The van der Waals surface area contributed by atoms with E-state index in [1.54, 1.807) is 0 Å². The van der Waals surface area contributed by atoms with Crippen LogP contribution in [0.3, 0.4) is 0 Å². The molecule has 0 bridgehead atoms. The summed E-state index contributed by atoms with van der Waals surface area (Å²) >= 11 is 0. The maximum absolute atomic E-state index is 12.9. The van der Waals surface area contributed by atoms with Gasteiger partial charge in [-0.05, 0) is 18.2 Å². The van der Waals surface area contributed by atoms with Gasteiger partial charge in [0.2, 0.25) is 0 Å². The molecule has 1 aromatic carbocycles. The van der Waals surface area contributed by atoms with Crippen molar-refractivity contribution in [3.63, 3.8) is 0 Å². The second-order valence-corrected chi connectivity index (χ2v) is 3.05. The maximum atomic E-state index is 12.9. The summed E-state index contributed by atoms with van der Waals surface area (Å²) < 4.78 is 26.7. The highest BCUT2D eigenvalue weighted by Crippen LogP contribution is 2.12. The van der Waals surface area contributed by atoms with Gasteiger partial charge >= 0.3 is 5.97 Å². The largest absolute Gasteiger partial charge is 0.476 e. The van der Waals surface area contributed by atoms with Crippen LogP contribution in [0, 0.1) is 11.6 Å². The molecule has 0 atom stereocenters. The van der Waals surface area contributed by atoms with Crippen molar-refractivity contribution in [2.24, 2.45) is 0 Å². The first-order valence-electron chi connectivity index (χ1n) is 4.32. The fourth-order valence-electron chi connectivity index (χ4n) is 1.21. The van der Waals surface area contributed by atoms with Crippen LogP contribution in [0.1, 0.15) is 10.5 Å². The Labute approximate surface area is 88.7 Å². The molecule has 16 heavy (non-hydrogen) atoms. The zero-order valence-electron chi connectivity index (χ0n) is 7.89. The van der Waals surface area contributed by atoms with Gasteiger partial charge in [0, 0.05) is 12.3 Å². The number of halogens is 2. The van der Waals surface area contributed by atoms with Gasteiger partial charge in [-0.3, -0.25) is 0 Å². The van der Waals surface area contributed by atoms with Crippen LogP contribution >= 0.6 is 0 Å². The highest BCUT2D eigenvalue weighted by atomic mass is 19.2. The van der Waals surface area contributed by atoms with Gasteiger partial charge in [-0.2, -0.15) is 5.10 Å². The zero-order valence-corrected chi connectivity index (χ0v) is 7.89. The highest BCUT2D eigenvalue weighted by Gasteiger charge is 2.09. The number of rotatable bonds is 2. The third-order valence-electron chi connectivity index (χ3n) is 1.98. The van der Waals surface area contributed by atoms with Crippen molar-refractivity contribution in [3.05, 3.63) is 47.8 Å². The standard InChI is InChI=1S/C10H6F2N2O2/c11-7-2-1-6(5-8(7)12)14-4-3-9(13-14)10(15)16/h1-5H,(H,15,16). The van der Waals surface area contributed by atoms with Gasteiger partial charge in [0.15, 0.2) is 17.3 Å². The number of benzene rings is 1. The summed E-state index contributed by atoms with van der Waals surface area (Å²) in [6, 6.07) is 4.46. The van der Waals surface area contributed by atoms with Crippen molar-refractivity contribution in [3.8, 4) is 5.69 Å². The number of aromatic carboxylic acids is 1. The van der Waals surface area contributed by atoms with Crippen LogP contribution in [-0.4, -0.2) is 20.9 Å². The molecular weight excluding hydrogens is 218 g/mol. The molecule has 2 aromatic rings. The summed E-state index contributed by atoms with van der Waals surface area (Å²) in [6.45, 7) is 0. The Morgan fingerprint density at radius 2 is 2.00 bits per heavy atom. The number of carboxylic acid groups (broad SMARTS) is 1. The average molecular weight is 224 g/mol. The fraction of sp³-hybridized carbons (Fsp3) is 0. The molecule has 0 fully saturated rings. The lowest BCUT2D eigenvalue weighted by Gasteiger charge is -2.01. The molecule has 0 radical (unpaired) electrons. The Balaban J connectivity index is 2.42. The molecule has 1 N–H and O–H groups in total. The van der Waals surface area contributed by atoms with Gasteiger partial charge in [0.05, 0.1) is 5.69 Å². The smallest absolute Gasteiger partial charge is 0.356 e. The van der Waals surface area contributed by atoms with Crippen LogP contribution in [0.5, 0.6) is 0 Å². The normalized spacial score (nSPS) is 10.4. The zero-order chi connectivity index (χ0) is 11.7. The maximum Gasteiger partial charge on any atom is 0.356 e. The summed E-state index contributed by atoms with van der Waals surface area (Å²) in [7, 11) is 0. The van der Waals surface area contributed by atoms with Gasteiger partial charge in [-0.15, -0.1) is 0 Å². The molecule has 2 rings (SSSR count). The van der Waals surface area contributed by atoms with Crippen molar-refractivity contribution in [2.45, 2.75) is 0 Å². The van der Waals surface area contributed by atoms with Gasteiger partial charge in [0.1, 0.15) is 0 Å². The second-order valence-electron chi connectivity index (χ2n) is 3.05. The Hall–Kier alpha value is -2.24. The van der Waals surface area contributed by atoms with Crippen LogP contribution in [0.4, 0.5) is 8.78 Å². The van der Waals surface area contributed by atoms with Crippen LogP contribution in [-0.2, 0) is 0 Å². The number of hydrogen-bond donors (Lipinski definition) is 1. The summed E-state index contributed by atoms with van der Waals surface area (Å²) in [5.41, 5.74) is 0.0936. The lowest BCUT2D eigenvalue weighted by atomic mass is 10.3. The Morgan fingerprint density at radius 3 is 2.56 bits per heavy atom. The van der Waals surface area contributed by atoms with Crippen molar-refractivity contribution < 1.29 is 18.7 Å². The quantitative estimate of drug-likeness (QED) is 0.846. The van der Waals surface area contributed by atoms with Gasteiger partial charge in [-0.1, -0.05) is 0 Å². The van der Waals surface area contributed by atoms with E-state index >= 15 is 0 Å². The number of nitrogens with zero attached hydrogens (tertiary/aromatic N) is 2. The van der Waals surface area contributed by atoms with E-state index in [9.17, 15) is 13.6 Å². The highest BCUT2D eigenvalue weighted by molar-refractivity contribution is 5.85. The van der Waals surface area contributed by atoms with E-state index in [0.29, 0.717) is 0 Å². The van der Waals surface area contributed by atoms with Gasteiger partial charge in [0.25, 0.3) is 0 Å². The first kappa shape index (κ1) is 10.3. The molecule has 82 valence electrons. The van der Waals surface area contributed by atoms with E-state index in [4.69, 9.17) is 5.11 Å². The molecule has 4 nitrogen and oxygen atoms in total. The van der Waals surface area contributed by atoms with Crippen molar-refractivity contribution in [2.75, 3.05) is 0 Å². The molecule has 0 spiro atoms. The molecule has 0 amide bonds. The van der Waals surface area contributed by atoms with Crippen LogP contribution in [0.25, 0.3) is 5.69 Å². The van der Waals surface area contributed by atoms with Crippen molar-refractivity contribution >= 4 is 5.97 Å². The van der Waals surface area contributed by atoms with Gasteiger partial charge < -0.3 is 5.11 Å². The van der Waals surface area contributed by atoms with E-state index < -0.39 is 17.6 Å². The molecule has 0 saturated carbocycles. The lowest BCUT2D eigenvalue weighted by Crippen LogP contribution is -2.01. The predicted octanol–water partition coefficient (Wildman–Crippen LogP) is 1.85. The van der Waals surface area contributed by atoms with E-state index in [2.05, 4.69) is 5.10 Å². The first-order valence-corrected chi connectivity index (χ1v) is 4.32. The van der Waals surface area contributed by atoms with Crippen LogP contribution < -0.4 is 0 Å². The third kappa shape index (κ3) is 1.77. The number of hydrogen-bond acceptors (Lipinski definition) is 2. The molecule has 6 heteroatoms. The lowest BCUT2D eigenvalue weighted by molar-refractivity contribution is 0.0690. The number of aromatic nitrogens is 2. The third-order valence-corrected chi connectivity index (χ3v) is 1.98. The number of carboxylic acids is 1.